The van der Waals surface area contributed by atoms with E-state index < -0.39 is 0 Å². The molecule has 0 saturated carbocycles. The third-order valence-corrected chi connectivity index (χ3v) is 6.21. The monoisotopic (exact) mass is 364 g/mol. The molecule has 0 bridgehead atoms. The van der Waals surface area contributed by atoms with Gasteiger partial charge in [-0.3, -0.25) is 0 Å². The van der Waals surface area contributed by atoms with E-state index in [9.17, 15) is 0 Å². The van der Waals surface area contributed by atoms with Crippen molar-refractivity contribution >= 4 is 43.6 Å². The summed E-state index contributed by atoms with van der Waals surface area (Å²) < 4.78 is 6.28. The Labute approximate surface area is 118 Å². The predicted molar refractivity (Wildman–Crippen MR) is 77.9 cm³/mol. The minimum atomic E-state index is 0.665. The van der Waals surface area contributed by atoms with E-state index in [-0.39, 0.29) is 0 Å². The minimum Gasteiger partial charge on any atom is -0.496 e. The van der Waals surface area contributed by atoms with Gasteiger partial charge in [0.2, 0.25) is 0 Å². The van der Waals surface area contributed by atoms with Crippen LogP contribution in [-0.4, -0.2) is 23.4 Å². The molecule has 2 unspecified atom stereocenters. The molecule has 1 aliphatic rings. The Bertz CT molecular complexity index is 370. The van der Waals surface area contributed by atoms with Gasteiger partial charge in [0.15, 0.2) is 0 Å². The maximum Gasteiger partial charge on any atom is 0.133 e. The first-order valence-electron chi connectivity index (χ1n) is 5.25. The van der Waals surface area contributed by atoms with Crippen LogP contribution in [0.1, 0.15) is 5.56 Å². The van der Waals surface area contributed by atoms with Crippen LogP contribution in [0.25, 0.3) is 0 Å². The van der Waals surface area contributed by atoms with Crippen LogP contribution in [0.15, 0.2) is 22.7 Å². The molecule has 88 valence electrons. The van der Waals surface area contributed by atoms with E-state index in [1.807, 2.05) is 17.8 Å². The lowest BCUT2D eigenvalue weighted by Gasteiger charge is -2.13. The number of hydrogen-bond donors (Lipinski definition) is 0. The SMILES string of the molecule is COc1ccc(CC2CSCC2Br)cc1Br. The zero-order valence-electron chi connectivity index (χ0n) is 9.08. The normalized spacial score (nSPS) is 24.7. The summed E-state index contributed by atoms with van der Waals surface area (Å²) in [5.41, 5.74) is 1.38. The van der Waals surface area contributed by atoms with Crippen LogP contribution in [0.2, 0.25) is 0 Å². The Morgan fingerprint density at radius 1 is 1.44 bits per heavy atom. The van der Waals surface area contributed by atoms with E-state index >= 15 is 0 Å². The fourth-order valence-corrected chi connectivity index (χ4v) is 4.96. The van der Waals surface area contributed by atoms with E-state index in [0.29, 0.717) is 4.83 Å². The molecule has 0 aromatic heterocycles. The molecule has 0 radical (unpaired) electrons. The Morgan fingerprint density at radius 3 is 2.81 bits per heavy atom. The maximum absolute atomic E-state index is 5.23. The molecule has 1 aromatic rings. The summed E-state index contributed by atoms with van der Waals surface area (Å²) in [6.07, 6.45) is 1.14. The van der Waals surface area contributed by atoms with Gasteiger partial charge in [0, 0.05) is 10.6 Å². The first kappa shape index (κ1) is 12.8. The quantitative estimate of drug-likeness (QED) is 0.745. The lowest BCUT2D eigenvalue weighted by atomic mass is 9.99. The highest BCUT2D eigenvalue weighted by Crippen LogP contribution is 2.33. The molecule has 1 aliphatic heterocycles. The summed E-state index contributed by atoms with van der Waals surface area (Å²) in [5.74, 6) is 4.16. The molecule has 0 spiro atoms. The van der Waals surface area contributed by atoms with Crippen molar-refractivity contribution in [1.29, 1.82) is 0 Å². The molecule has 0 aliphatic carbocycles. The van der Waals surface area contributed by atoms with E-state index in [1.54, 1.807) is 7.11 Å². The molecule has 2 rings (SSSR count). The molecule has 4 heteroatoms. The van der Waals surface area contributed by atoms with Crippen LogP contribution in [0.4, 0.5) is 0 Å². The minimum absolute atomic E-state index is 0.665. The highest BCUT2D eigenvalue weighted by Gasteiger charge is 2.25. The van der Waals surface area contributed by atoms with Crippen molar-refractivity contribution in [2.75, 3.05) is 18.6 Å². The third-order valence-electron chi connectivity index (χ3n) is 2.83. The van der Waals surface area contributed by atoms with Gasteiger partial charge in [-0.05, 0) is 51.7 Å². The fraction of sp³-hybridized carbons (Fsp3) is 0.500. The molecule has 1 aromatic carbocycles. The molecule has 1 nitrogen and oxygen atoms in total. The molecule has 1 fully saturated rings. The third kappa shape index (κ3) is 2.96. The molecule has 0 N–H and O–H groups in total. The Morgan fingerprint density at radius 2 is 2.25 bits per heavy atom. The van der Waals surface area contributed by atoms with Crippen LogP contribution in [0, 0.1) is 5.92 Å². The molecule has 2 atom stereocenters. The first-order chi connectivity index (χ1) is 7.70. The maximum atomic E-state index is 5.23. The van der Waals surface area contributed by atoms with E-state index in [1.165, 1.54) is 17.1 Å². The fourth-order valence-electron chi connectivity index (χ4n) is 1.90. The highest BCUT2D eigenvalue weighted by molar-refractivity contribution is 9.10. The van der Waals surface area contributed by atoms with E-state index in [2.05, 4.69) is 44.0 Å². The number of halogens is 2. The standard InChI is InChI=1S/C12H14Br2OS/c1-15-12-3-2-8(5-10(12)13)4-9-6-16-7-11(9)14/h2-3,5,9,11H,4,6-7H2,1H3. The van der Waals surface area contributed by atoms with Crippen molar-refractivity contribution in [2.24, 2.45) is 5.92 Å². The summed E-state index contributed by atoms with van der Waals surface area (Å²) in [6, 6.07) is 6.36. The number of ether oxygens (including phenoxy) is 1. The zero-order chi connectivity index (χ0) is 11.5. The van der Waals surface area contributed by atoms with Gasteiger partial charge in [0.05, 0.1) is 11.6 Å². The van der Waals surface area contributed by atoms with Crippen molar-refractivity contribution in [3.63, 3.8) is 0 Å². The number of hydrogen-bond acceptors (Lipinski definition) is 2. The number of alkyl halides is 1. The van der Waals surface area contributed by atoms with Gasteiger partial charge in [0.1, 0.15) is 5.75 Å². The lowest BCUT2D eigenvalue weighted by molar-refractivity contribution is 0.412. The molecule has 16 heavy (non-hydrogen) atoms. The molecule has 0 amide bonds. The average molecular weight is 366 g/mol. The van der Waals surface area contributed by atoms with Crippen LogP contribution < -0.4 is 4.74 Å². The van der Waals surface area contributed by atoms with Crippen LogP contribution >= 0.6 is 43.6 Å². The van der Waals surface area contributed by atoms with Gasteiger partial charge < -0.3 is 4.74 Å². The van der Waals surface area contributed by atoms with Gasteiger partial charge in [-0.15, -0.1) is 0 Å². The summed E-state index contributed by atoms with van der Waals surface area (Å²) in [7, 11) is 1.70. The van der Waals surface area contributed by atoms with Crippen molar-refractivity contribution < 1.29 is 4.74 Å². The van der Waals surface area contributed by atoms with Crippen molar-refractivity contribution in [2.45, 2.75) is 11.2 Å². The Kier molecular flexibility index (Phi) is 4.62. The Balaban J connectivity index is 2.07. The van der Waals surface area contributed by atoms with Gasteiger partial charge >= 0.3 is 0 Å². The van der Waals surface area contributed by atoms with Gasteiger partial charge in [-0.1, -0.05) is 22.0 Å². The van der Waals surface area contributed by atoms with Gasteiger partial charge in [-0.2, -0.15) is 11.8 Å². The average Bonchev–Trinajstić information content (AvgIpc) is 2.65. The second kappa shape index (κ2) is 5.78. The van der Waals surface area contributed by atoms with Crippen molar-refractivity contribution in [1.82, 2.24) is 0 Å². The summed E-state index contributed by atoms with van der Waals surface area (Å²) in [5, 5.41) is 0. The summed E-state index contributed by atoms with van der Waals surface area (Å²) in [4.78, 5) is 0.665. The lowest BCUT2D eigenvalue weighted by Crippen LogP contribution is -2.14. The smallest absolute Gasteiger partial charge is 0.133 e. The number of rotatable bonds is 3. The van der Waals surface area contributed by atoms with Crippen molar-refractivity contribution in [3.8, 4) is 5.75 Å². The van der Waals surface area contributed by atoms with Crippen LogP contribution in [0.3, 0.4) is 0 Å². The molecule has 1 heterocycles. The highest BCUT2D eigenvalue weighted by atomic mass is 79.9. The second-order valence-electron chi connectivity index (χ2n) is 3.99. The summed E-state index contributed by atoms with van der Waals surface area (Å²) in [6.45, 7) is 0. The predicted octanol–water partition coefficient (Wildman–Crippen LogP) is 4.13. The van der Waals surface area contributed by atoms with Gasteiger partial charge in [0.25, 0.3) is 0 Å². The first-order valence-corrected chi connectivity index (χ1v) is 8.11. The molecular formula is C12H14Br2OS. The van der Waals surface area contributed by atoms with Crippen LogP contribution in [-0.2, 0) is 6.42 Å². The number of thioether (sulfide) groups is 1. The van der Waals surface area contributed by atoms with Crippen molar-refractivity contribution in [3.05, 3.63) is 28.2 Å². The van der Waals surface area contributed by atoms with Crippen LogP contribution in [0.5, 0.6) is 5.75 Å². The largest absolute Gasteiger partial charge is 0.496 e. The molecule has 1 saturated heterocycles. The van der Waals surface area contributed by atoms with E-state index in [4.69, 9.17) is 4.74 Å². The molecular weight excluding hydrogens is 352 g/mol. The zero-order valence-corrected chi connectivity index (χ0v) is 13.1. The van der Waals surface area contributed by atoms with E-state index in [0.717, 1.165) is 22.6 Å². The topological polar surface area (TPSA) is 9.23 Å². The Hall–Kier alpha value is 0.330. The number of methoxy groups -OCH3 is 1. The second-order valence-corrected chi connectivity index (χ2v) is 7.09. The van der Waals surface area contributed by atoms with Gasteiger partial charge in [-0.25, -0.2) is 0 Å². The summed E-state index contributed by atoms with van der Waals surface area (Å²) >= 11 is 9.32. The number of benzene rings is 1.